The normalized spacial score (nSPS) is 10.8. The van der Waals surface area contributed by atoms with Gasteiger partial charge in [-0.15, -0.1) is 11.6 Å². The van der Waals surface area contributed by atoms with E-state index in [1.807, 2.05) is 6.07 Å². The van der Waals surface area contributed by atoms with Crippen LogP contribution in [-0.2, 0) is 12.3 Å². The molecule has 0 saturated heterocycles. The molecule has 0 radical (unpaired) electrons. The fourth-order valence-electron chi connectivity index (χ4n) is 2.31. The molecule has 1 heterocycles. The molecule has 0 spiro atoms. The Hall–Kier alpha value is -2.13. The van der Waals surface area contributed by atoms with E-state index < -0.39 is 0 Å². The van der Waals surface area contributed by atoms with E-state index in [-0.39, 0.29) is 0 Å². The van der Waals surface area contributed by atoms with Crippen molar-refractivity contribution in [3.63, 3.8) is 0 Å². The van der Waals surface area contributed by atoms with Crippen LogP contribution in [0.25, 0.3) is 10.8 Å². The average molecular weight is 299 g/mol. The molecule has 0 bridgehead atoms. The monoisotopic (exact) mass is 298 g/mol. The van der Waals surface area contributed by atoms with Gasteiger partial charge in [-0.2, -0.15) is 0 Å². The predicted octanol–water partition coefficient (Wildman–Crippen LogP) is 3.97. The Morgan fingerprint density at radius 2 is 1.90 bits per heavy atom. The van der Waals surface area contributed by atoms with Crippen molar-refractivity contribution in [2.24, 2.45) is 0 Å². The van der Waals surface area contributed by atoms with E-state index in [1.165, 1.54) is 16.3 Å². The van der Waals surface area contributed by atoms with Gasteiger partial charge in [-0.05, 0) is 28.5 Å². The van der Waals surface area contributed by atoms with Gasteiger partial charge < -0.3 is 4.74 Å². The zero-order chi connectivity index (χ0) is 14.7. The summed E-state index contributed by atoms with van der Waals surface area (Å²) in [6.07, 6.45) is 4.25. The number of benzene rings is 2. The zero-order valence-corrected chi connectivity index (χ0v) is 12.5. The summed E-state index contributed by atoms with van der Waals surface area (Å²) in [5.74, 6) is 2.08. The number of rotatable bonds is 4. The van der Waals surface area contributed by atoms with Crippen LogP contribution in [0.3, 0.4) is 0 Å². The van der Waals surface area contributed by atoms with Crippen molar-refractivity contribution in [1.29, 1.82) is 0 Å². The van der Waals surface area contributed by atoms with E-state index in [1.54, 1.807) is 19.5 Å². The summed E-state index contributed by atoms with van der Waals surface area (Å²) in [5, 5.41) is 2.35. The molecule has 3 rings (SSSR count). The summed E-state index contributed by atoms with van der Waals surface area (Å²) >= 11 is 5.76. The van der Waals surface area contributed by atoms with Crippen LogP contribution in [0.1, 0.15) is 17.0 Å². The molecule has 0 aliphatic carbocycles. The Labute approximate surface area is 128 Å². The third-order valence-electron chi connectivity index (χ3n) is 3.44. The molecule has 0 aliphatic heterocycles. The highest BCUT2D eigenvalue weighted by atomic mass is 35.5. The second-order valence-electron chi connectivity index (χ2n) is 4.82. The summed E-state index contributed by atoms with van der Waals surface area (Å²) < 4.78 is 5.31. The quantitative estimate of drug-likeness (QED) is 0.684. The first-order valence-corrected chi connectivity index (χ1v) is 7.25. The Morgan fingerprint density at radius 1 is 1.10 bits per heavy atom. The lowest BCUT2D eigenvalue weighted by atomic mass is 10.0. The molecular weight excluding hydrogens is 284 g/mol. The number of fused-ring (bicyclic) bond motifs is 1. The number of methoxy groups -OCH3 is 1. The molecule has 0 aliphatic rings. The molecule has 2 aromatic carbocycles. The molecule has 21 heavy (non-hydrogen) atoms. The lowest BCUT2D eigenvalue weighted by molar-refractivity contribution is 0.415. The summed E-state index contributed by atoms with van der Waals surface area (Å²) in [4.78, 5) is 8.73. The molecule has 0 N–H and O–H groups in total. The number of ether oxygens (including phenoxy) is 1. The number of alkyl halides is 1. The third kappa shape index (κ3) is 2.98. The summed E-state index contributed by atoms with van der Waals surface area (Å²) in [7, 11) is 1.68. The van der Waals surface area contributed by atoms with Crippen molar-refractivity contribution in [3.05, 3.63) is 65.7 Å². The first-order chi connectivity index (χ1) is 10.3. The molecule has 3 aromatic rings. The molecular formula is C17H15ClN2O. The van der Waals surface area contributed by atoms with E-state index in [0.717, 1.165) is 17.1 Å². The van der Waals surface area contributed by atoms with Crippen molar-refractivity contribution in [3.8, 4) is 5.75 Å². The topological polar surface area (TPSA) is 35.0 Å². The van der Waals surface area contributed by atoms with Crippen LogP contribution in [0.5, 0.6) is 5.75 Å². The highest BCUT2D eigenvalue weighted by Gasteiger charge is 2.06. The molecule has 0 atom stereocenters. The first kappa shape index (κ1) is 13.8. The van der Waals surface area contributed by atoms with Crippen molar-refractivity contribution in [2.75, 3.05) is 7.11 Å². The lowest BCUT2D eigenvalue weighted by Crippen LogP contribution is -1.98. The molecule has 0 saturated carbocycles. The van der Waals surface area contributed by atoms with Crippen molar-refractivity contribution < 1.29 is 4.74 Å². The van der Waals surface area contributed by atoms with E-state index >= 15 is 0 Å². The maximum Gasteiger partial charge on any atom is 0.132 e. The van der Waals surface area contributed by atoms with E-state index in [0.29, 0.717) is 12.3 Å². The van der Waals surface area contributed by atoms with Gasteiger partial charge in [0.2, 0.25) is 0 Å². The third-order valence-corrected chi connectivity index (χ3v) is 3.75. The van der Waals surface area contributed by atoms with E-state index in [2.05, 4.69) is 40.3 Å². The second-order valence-corrected chi connectivity index (χ2v) is 5.09. The van der Waals surface area contributed by atoms with Gasteiger partial charge in [-0.3, -0.25) is 0 Å². The second kappa shape index (κ2) is 6.10. The zero-order valence-electron chi connectivity index (χ0n) is 11.7. The van der Waals surface area contributed by atoms with Crippen LogP contribution < -0.4 is 4.74 Å². The Morgan fingerprint density at radius 3 is 2.62 bits per heavy atom. The van der Waals surface area contributed by atoms with Crippen LogP contribution in [-0.4, -0.2) is 17.1 Å². The minimum absolute atomic E-state index is 0.436. The van der Waals surface area contributed by atoms with Crippen molar-refractivity contribution in [1.82, 2.24) is 9.97 Å². The molecule has 1 aromatic heterocycles. The van der Waals surface area contributed by atoms with Gasteiger partial charge in [0.1, 0.15) is 11.6 Å². The number of nitrogens with zero attached hydrogens (tertiary/aromatic N) is 2. The Balaban J connectivity index is 1.98. The average Bonchev–Trinajstić information content (AvgIpc) is 2.55. The summed E-state index contributed by atoms with van der Waals surface area (Å²) in [6.45, 7) is 0. The standard InChI is InChI=1S/C17H15ClN2O/c1-21-15-6-5-13-3-2-4-14(16(13)8-15)7-17-19-10-12(9-18)11-20-17/h2-6,8,10-11H,7,9H2,1H3. The van der Waals surface area contributed by atoms with Gasteiger partial charge in [-0.25, -0.2) is 9.97 Å². The fraction of sp³-hybridized carbons (Fsp3) is 0.176. The van der Waals surface area contributed by atoms with Crippen LogP contribution in [0.4, 0.5) is 0 Å². The van der Waals surface area contributed by atoms with Gasteiger partial charge in [0.25, 0.3) is 0 Å². The Bertz CT molecular complexity index is 756. The summed E-state index contributed by atoms with van der Waals surface area (Å²) in [6, 6.07) is 12.3. The number of aromatic nitrogens is 2. The SMILES string of the molecule is COc1ccc2cccc(Cc3ncc(CCl)cn3)c2c1. The lowest BCUT2D eigenvalue weighted by Gasteiger charge is -2.08. The number of hydrogen-bond acceptors (Lipinski definition) is 3. The van der Waals surface area contributed by atoms with Crippen molar-refractivity contribution in [2.45, 2.75) is 12.3 Å². The van der Waals surface area contributed by atoms with Crippen LogP contribution in [0.15, 0.2) is 48.8 Å². The number of hydrogen-bond donors (Lipinski definition) is 0. The highest BCUT2D eigenvalue weighted by molar-refractivity contribution is 6.17. The maximum atomic E-state index is 5.76. The largest absolute Gasteiger partial charge is 0.497 e. The molecule has 0 amide bonds. The van der Waals surface area contributed by atoms with E-state index in [9.17, 15) is 0 Å². The van der Waals surface area contributed by atoms with Crippen LogP contribution in [0, 0.1) is 0 Å². The van der Waals surface area contributed by atoms with Gasteiger partial charge in [0, 0.05) is 24.4 Å². The Kier molecular flexibility index (Phi) is 4.02. The molecule has 0 unspecified atom stereocenters. The van der Waals surface area contributed by atoms with Gasteiger partial charge in [0.05, 0.1) is 13.0 Å². The van der Waals surface area contributed by atoms with Crippen molar-refractivity contribution >= 4 is 22.4 Å². The number of halogens is 1. The van der Waals surface area contributed by atoms with Gasteiger partial charge in [-0.1, -0.05) is 24.3 Å². The maximum absolute atomic E-state index is 5.76. The van der Waals surface area contributed by atoms with Gasteiger partial charge in [0.15, 0.2) is 0 Å². The van der Waals surface area contributed by atoms with E-state index in [4.69, 9.17) is 16.3 Å². The first-order valence-electron chi connectivity index (χ1n) is 6.71. The molecule has 0 fully saturated rings. The predicted molar refractivity (Wildman–Crippen MR) is 84.9 cm³/mol. The van der Waals surface area contributed by atoms with Crippen LogP contribution in [0.2, 0.25) is 0 Å². The molecule has 4 heteroatoms. The van der Waals surface area contributed by atoms with Crippen LogP contribution >= 0.6 is 11.6 Å². The minimum Gasteiger partial charge on any atom is -0.497 e. The fourth-order valence-corrected chi connectivity index (χ4v) is 2.45. The minimum atomic E-state index is 0.436. The smallest absolute Gasteiger partial charge is 0.132 e. The molecule has 106 valence electrons. The summed E-state index contributed by atoms with van der Waals surface area (Å²) in [5.41, 5.74) is 2.12. The van der Waals surface area contributed by atoms with Gasteiger partial charge >= 0.3 is 0 Å². The highest BCUT2D eigenvalue weighted by Crippen LogP contribution is 2.25. The molecule has 3 nitrogen and oxygen atoms in total.